The van der Waals surface area contributed by atoms with Crippen molar-refractivity contribution in [3.63, 3.8) is 0 Å². The Kier molecular flexibility index (Phi) is 8.01. The SMILES string of the molecule is CCCCNC(=O)C1CCCN(C(=O)C2CC3CCCCC3N2)C1.Cl. The average molecular weight is 372 g/mol. The predicted octanol–water partition coefficient (Wildman–Crippen LogP) is 2.48. The number of hydrogen-bond donors (Lipinski definition) is 2. The highest BCUT2D eigenvalue weighted by Gasteiger charge is 2.40. The molecule has 2 aliphatic heterocycles. The van der Waals surface area contributed by atoms with E-state index in [4.69, 9.17) is 0 Å². The van der Waals surface area contributed by atoms with E-state index in [9.17, 15) is 9.59 Å². The molecule has 4 unspecified atom stereocenters. The molecule has 1 aliphatic carbocycles. The Balaban J connectivity index is 0.00000225. The number of piperidine rings is 1. The van der Waals surface area contributed by atoms with Crippen LogP contribution in [0, 0.1) is 11.8 Å². The molecule has 0 aromatic rings. The highest BCUT2D eigenvalue weighted by atomic mass is 35.5. The Morgan fingerprint density at radius 1 is 1.16 bits per heavy atom. The molecule has 3 fully saturated rings. The minimum absolute atomic E-state index is 0. The molecule has 6 heteroatoms. The smallest absolute Gasteiger partial charge is 0.239 e. The summed E-state index contributed by atoms with van der Waals surface area (Å²) in [7, 11) is 0. The van der Waals surface area contributed by atoms with Crippen LogP contribution in [0.25, 0.3) is 0 Å². The van der Waals surface area contributed by atoms with Gasteiger partial charge in [0, 0.05) is 25.7 Å². The number of carbonyl (C=O) groups is 2. The van der Waals surface area contributed by atoms with Crippen LogP contribution in [-0.4, -0.2) is 48.4 Å². The number of nitrogens with zero attached hydrogens (tertiary/aromatic N) is 1. The molecule has 2 amide bonds. The third-order valence-electron chi connectivity index (χ3n) is 6.09. The summed E-state index contributed by atoms with van der Waals surface area (Å²) >= 11 is 0. The van der Waals surface area contributed by atoms with Gasteiger partial charge in [-0.3, -0.25) is 9.59 Å². The first-order chi connectivity index (χ1) is 11.7. The molecule has 3 rings (SSSR count). The Labute approximate surface area is 158 Å². The Morgan fingerprint density at radius 3 is 2.72 bits per heavy atom. The minimum atomic E-state index is -0.0248. The molecule has 2 N–H and O–H groups in total. The van der Waals surface area contributed by atoms with Gasteiger partial charge in [0.15, 0.2) is 0 Å². The van der Waals surface area contributed by atoms with Crippen LogP contribution >= 0.6 is 12.4 Å². The van der Waals surface area contributed by atoms with Gasteiger partial charge in [-0.05, 0) is 44.4 Å². The highest BCUT2D eigenvalue weighted by Crippen LogP contribution is 2.34. The van der Waals surface area contributed by atoms with Gasteiger partial charge in [0.05, 0.1) is 12.0 Å². The second-order valence-corrected chi connectivity index (χ2v) is 7.87. The molecule has 0 bridgehead atoms. The van der Waals surface area contributed by atoms with E-state index >= 15 is 0 Å². The van der Waals surface area contributed by atoms with Gasteiger partial charge in [-0.1, -0.05) is 26.2 Å². The first-order valence-electron chi connectivity index (χ1n) is 10.0. The number of nitrogens with one attached hydrogen (secondary N) is 2. The Bertz CT molecular complexity index is 446. The van der Waals surface area contributed by atoms with Crippen molar-refractivity contribution in [1.29, 1.82) is 0 Å². The topological polar surface area (TPSA) is 61.4 Å². The summed E-state index contributed by atoms with van der Waals surface area (Å²) in [4.78, 5) is 27.2. The molecule has 3 aliphatic rings. The highest BCUT2D eigenvalue weighted by molar-refractivity contribution is 5.85. The summed E-state index contributed by atoms with van der Waals surface area (Å²) in [5.41, 5.74) is 0. The molecule has 4 atom stereocenters. The molecular formula is C19H34ClN3O2. The van der Waals surface area contributed by atoms with E-state index in [0.29, 0.717) is 18.5 Å². The number of rotatable bonds is 5. The van der Waals surface area contributed by atoms with Crippen molar-refractivity contribution in [3.05, 3.63) is 0 Å². The van der Waals surface area contributed by atoms with Gasteiger partial charge >= 0.3 is 0 Å². The maximum Gasteiger partial charge on any atom is 0.239 e. The van der Waals surface area contributed by atoms with Gasteiger partial charge in [-0.2, -0.15) is 0 Å². The third-order valence-corrected chi connectivity index (χ3v) is 6.09. The Morgan fingerprint density at radius 2 is 1.96 bits per heavy atom. The van der Waals surface area contributed by atoms with Crippen LogP contribution in [0.15, 0.2) is 0 Å². The minimum Gasteiger partial charge on any atom is -0.356 e. The number of hydrogen-bond acceptors (Lipinski definition) is 3. The maximum absolute atomic E-state index is 12.9. The Hall–Kier alpha value is -0.810. The summed E-state index contributed by atoms with van der Waals surface area (Å²) in [5.74, 6) is 1.03. The van der Waals surface area contributed by atoms with Crippen LogP contribution in [0.4, 0.5) is 0 Å². The van der Waals surface area contributed by atoms with E-state index in [1.807, 2.05) is 4.90 Å². The lowest BCUT2D eigenvalue weighted by molar-refractivity contribution is -0.137. The molecular weight excluding hydrogens is 338 g/mol. The number of fused-ring (bicyclic) bond motifs is 1. The zero-order chi connectivity index (χ0) is 16.9. The van der Waals surface area contributed by atoms with Crippen molar-refractivity contribution in [2.75, 3.05) is 19.6 Å². The lowest BCUT2D eigenvalue weighted by atomic mass is 9.85. The van der Waals surface area contributed by atoms with Gasteiger partial charge in [-0.25, -0.2) is 0 Å². The summed E-state index contributed by atoms with van der Waals surface area (Å²) in [6.07, 6.45) is 10.0. The maximum atomic E-state index is 12.9. The molecule has 0 spiro atoms. The quantitative estimate of drug-likeness (QED) is 0.730. The van der Waals surface area contributed by atoms with Gasteiger partial charge in [0.1, 0.15) is 0 Å². The first kappa shape index (κ1) is 20.5. The molecule has 144 valence electrons. The van der Waals surface area contributed by atoms with Crippen molar-refractivity contribution in [2.45, 2.75) is 76.8 Å². The standard InChI is InChI=1S/C19H33N3O2.ClH/c1-2-3-10-20-18(23)15-8-6-11-22(13-15)19(24)17-12-14-7-4-5-9-16(14)21-17;/h14-17,21H,2-13H2,1H3,(H,20,23);1H. The summed E-state index contributed by atoms with van der Waals surface area (Å²) in [5, 5.41) is 6.61. The third kappa shape index (κ3) is 5.10. The van der Waals surface area contributed by atoms with Crippen molar-refractivity contribution >= 4 is 24.2 Å². The summed E-state index contributed by atoms with van der Waals surface area (Å²) in [6.45, 7) is 4.29. The largest absolute Gasteiger partial charge is 0.356 e. The number of likely N-dealkylation sites (tertiary alicyclic amines) is 1. The molecule has 1 saturated carbocycles. The lowest BCUT2D eigenvalue weighted by Gasteiger charge is -2.33. The second-order valence-electron chi connectivity index (χ2n) is 7.87. The van der Waals surface area contributed by atoms with Crippen molar-refractivity contribution in [2.24, 2.45) is 11.8 Å². The van der Waals surface area contributed by atoms with E-state index in [-0.39, 0.29) is 36.2 Å². The molecule has 5 nitrogen and oxygen atoms in total. The summed E-state index contributed by atoms with van der Waals surface area (Å²) in [6, 6.07) is 0.533. The molecule has 0 aromatic heterocycles. The van der Waals surface area contributed by atoms with Crippen molar-refractivity contribution in [3.8, 4) is 0 Å². The van der Waals surface area contributed by atoms with Crippen LogP contribution < -0.4 is 10.6 Å². The average Bonchev–Trinajstić information content (AvgIpc) is 3.05. The van der Waals surface area contributed by atoms with E-state index in [1.165, 1.54) is 25.7 Å². The normalized spacial score (nSPS) is 31.8. The van der Waals surface area contributed by atoms with E-state index in [0.717, 1.165) is 45.2 Å². The lowest BCUT2D eigenvalue weighted by Crippen LogP contribution is -2.51. The van der Waals surface area contributed by atoms with Gasteiger partial charge in [-0.15, -0.1) is 12.4 Å². The van der Waals surface area contributed by atoms with Gasteiger partial charge in [0.25, 0.3) is 0 Å². The molecule has 25 heavy (non-hydrogen) atoms. The molecule has 0 aromatic carbocycles. The fourth-order valence-electron chi connectivity index (χ4n) is 4.65. The monoisotopic (exact) mass is 371 g/mol. The molecule has 2 saturated heterocycles. The molecule has 0 radical (unpaired) electrons. The number of unbranched alkanes of at least 4 members (excludes halogenated alkanes) is 1. The second kappa shape index (κ2) is 9.77. The van der Waals surface area contributed by atoms with Crippen LogP contribution in [-0.2, 0) is 9.59 Å². The predicted molar refractivity (Wildman–Crippen MR) is 102 cm³/mol. The first-order valence-corrected chi connectivity index (χ1v) is 10.0. The van der Waals surface area contributed by atoms with Crippen molar-refractivity contribution in [1.82, 2.24) is 15.5 Å². The van der Waals surface area contributed by atoms with Crippen LogP contribution in [0.5, 0.6) is 0 Å². The number of amides is 2. The van der Waals surface area contributed by atoms with E-state index in [1.54, 1.807) is 0 Å². The number of carbonyl (C=O) groups excluding carboxylic acids is 2. The van der Waals surface area contributed by atoms with Crippen LogP contribution in [0.3, 0.4) is 0 Å². The van der Waals surface area contributed by atoms with Crippen molar-refractivity contribution < 1.29 is 9.59 Å². The molecule has 2 heterocycles. The van der Waals surface area contributed by atoms with E-state index < -0.39 is 0 Å². The van der Waals surface area contributed by atoms with E-state index in [2.05, 4.69) is 17.6 Å². The fraction of sp³-hybridized carbons (Fsp3) is 0.895. The summed E-state index contributed by atoms with van der Waals surface area (Å²) < 4.78 is 0. The fourth-order valence-corrected chi connectivity index (χ4v) is 4.65. The number of halogens is 1. The van der Waals surface area contributed by atoms with Gasteiger partial charge in [0.2, 0.25) is 11.8 Å². The van der Waals surface area contributed by atoms with Crippen LogP contribution in [0.1, 0.15) is 64.7 Å². The zero-order valence-electron chi connectivity index (χ0n) is 15.5. The van der Waals surface area contributed by atoms with Gasteiger partial charge < -0.3 is 15.5 Å². The zero-order valence-corrected chi connectivity index (χ0v) is 16.3. The van der Waals surface area contributed by atoms with Crippen LogP contribution in [0.2, 0.25) is 0 Å².